The Morgan fingerprint density at radius 1 is 1.00 bits per heavy atom. The van der Waals surface area contributed by atoms with Crippen molar-refractivity contribution >= 4 is 6.09 Å². The van der Waals surface area contributed by atoms with Gasteiger partial charge in [0, 0.05) is 44.5 Å². The number of amides is 1. The highest BCUT2D eigenvalue weighted by atomic mass is 16.5. The first-order valence-electron chi connectivity index (χ1n) is 11.2. The molecule has 0 unspecified atom stereocenters. The predicted octanol–water partition coefficient (Wildman–Crippen LogP) is 4.60. The number of hydrogen-bond acceptors (Lipinski definition) is 5. The van der Waals surface area contributed by atoms with Crippen molar-refractivity contribution in [1.82, 2.24) is 19.6 Å². The number of benzene rings is 2. The number of rotatable bonds is 6. The zero-order valence-electron chi connectivity index (χ0n) is 18.9. The van der Waals surface area contributed by atoms with E-state index in [2.05, 4.69) is 17.0 Å². The lowest BCUT2D eigenvalue weighted by Crippen LogP contribution is -2.47. The fraction of sp³-hybridized carbons (Fsp3) is 0.231. The summed E-state index contributed by atoms with van der Waals surface area (Å²) in [5.74, 6) is 1.55. The SMILES string of the molecule is COc1ccc(-c2ccc(-n3cc(CN4CCN(C(=O)O)CC4)c(-c4ccco4)n3)cc2)cc1. The second kappa shape index (κ2) is 9.44. The smallest absolute Gasteiger partial charge is 0.407 e. The highest BCUT2D eigenvalue weighted by Gasteiger charge is 2.23. The Bertz CT molecular complexity index is 1240. The van der Waals surface area contributed by atoms with Crippen LogP contribution in [0.3, 0.4) is 0 Å². The average molecular weight is 459 g/mol. The van der Waals surface area contributed by atoms with Crippen molar-refractivity contribution in [3.63, 3.8) is 0 Å². The lowest BCUT2D eigenvalue weighted by molar-refractivity contribution is 0.103. The lowest BCUT2D eigenvalue weighted by atomic mass is 10.1. The second-order valence-corrected chi connectivity index (χ2v) is 8.25. The molecule has 1 amide bonds. The van der Waals surface area contributed by atoms with Crippen LogP contribution in [0.15, 0.2) is 77.5 Å². The Labute approximate surface area is 197 Å². The van der Waals surface area contributed by atoms with Gasteiger partial charge in [-0.15, -0.1) is 0 Å². The van der Waals surface area contributed by atoms with Crippen LogP contribution in [0, 0.1) is 0 Å². The van der Waals surface area contributed by atoms with Crippen molar-refractivity contribution < 1.29 is 19.1 Å². The fourth-order valence-electron chi connectivity index (χ4n) is 4.21. The molecular formula is C26H26N4O4. The molecule has 8 nitrogen and oxygen atoms in total. The third-order valence-electron chi connectivity index (χ3n) is 6.14. The summed E-state index contributed by atoms with van der Waals surface area (Å²) in [4.78, 5) is 14.9. The molecule has 0 atom stereocenters. The number of furan rings is 1. The molecule has 1 aliphatic rings. The number of ether oxygens (including phenoxy) is 1. The van der Waals surface area contributed by atoms with Crippen molar-refractivity contribution in [3.05, 3.63) is 78.7 Å². The molecule has 8 heteroatoms. The molecule has 0 saturated carbocycles. The molecular weight excluding hydrogens is 432 g/mol. The van der Waals surface area contributed by atoms with Gasteiger partial charge in [0.25, 0.3) is 0 Å². The largest absolute Gasteiger partial charge is 0.497 e. The second-order valence-electron chi connectivity index (χ2n) is 8.25. The third kappa shape index (κ3) is 4.53. The number of hydrogen-bond donors (Lipinski definition) is 1. The zero-order chi connectivity index (χ0) is 23.5. The quantitative estimate of drug-likeness (QED) is 0.455. The molecule has 4 aromatic rings. The topological polar surface area (TPSA) is 84.0 Å². The molecule has 2 aromatic carbocycles. The van der Waals surface area contributed by atoms with Gasteiger partial charge in [-0.3, -0.25) is 4.90 Å². The van der Waals surface area contributed by atoms with E-state index in [9.17, 15) is 9.90 Å². The van der Waals surface area contributed by atoms with Crippen LogP contribution < -0.4 is 4.74 Å². The van der Waals surface area contributed by atoms with Crippen LogP contribution in [0.2, 0.25) is 0 Å². The molecule has 1 N–H and O–H groups in total. The molecule has 1 fully saturated rings. The summed E-state index contributed by atoms with van der Waals surface area (Å²) in [5.41, 5.74) is 5.02. The molecule has 2 aromatic heterocycles. The van der Waals surface area contributed by atoms with Gasteiger partial charge in [0.15, 0.2) is 5.76 Å². The summed E-state index contributed by atoms with van der Waals surface area (Å²) in [6.45, 7) is 3.06. The van der Waals surface area contributed by atoms with Crippen LogP contribution in [-0.2, 0) is 6.54 Å². The van der Waals surface area contributed by atoms with E-state index in [4.69, 9.17) is 14.3 Å². The molecule has 3 heterocycles. The average Bonchev–Trinajstić information content (AvgIpc) is 3.55. The van der Waals surface area contributed by atoms with E-state index in [1.54, 1.807) is 13.4 Å². The van der Waals surface area contributed by atoms with Gasteiger partial charge in [0.1, 0.15) is 11.4 Å². The van der Waals surface area contributed by atoms with Crippen LogP contribution in [0.25, 0.3) is 28.3 Å². The molecule has 1 saturated heterocycles. The number of carboxylic acid groups (broad SMARTS) is 1. The molecule has 1 aliphatic heterocycles. The Morgan fingerprint density at radius 3 is 2.26 bits per heavy atom. The Hall–Kier alpha value is -4.04. The molecule has 174 valence electrons. The summed E-state index contributed by atoms with van der Waals surface area (Å²) >= 11 is 0. The number of nitrogens with zero attached hydrogens (tertiary/aromatic N) is 4. The first-order chi connectivity index (χ1) is 16.6. The molecule has 0 radical (unpaired) electrons. The summed E-state index contributed by atoms with van der Waals surface area (Å²) in [6, 6.07) is 20.0. The van der Waals surface area contributed by atoms with Gasteiger partial charge >= 0.3 is 6.09 Å². The monoisotopic (exact) mass is 458 g/mol. The van der Waals surface area contributed by atoms with E-state index in [-0.39, 0.29) is 0 Å². The Morgan fingerprint density at radius 2 is 1.68 bits per heavy atom. The van der Waals surface area contributed by atoms with Gasteiger partial charge in [0.05, 0.1) is 19.1 Å². The molecule has 0 bridgehead atoms. The summed E-state index contributed by atoms with van der Waals surface area (Å²) in [6.07, 6.45) is 2.82. The van der Waals surface area contributed by atoms with Gasteiger partial charge in [-0.2, -0.15) is 5.10 Å². The van der Waals surface area contributed by atoms with E-state index in [0.717, 1.165) is 33.8 Å². The highest BCUT2D eigenvalue weighted by Crippen LogP contribution is 2.27. The van der Waals surface area contributed by atoms with Gasteiger partial charge in [-0.1, -0.05) is 24.3 Å². The van der Waals surface area contributed by atoms with Gasteiger partial charge in [-0.25, -0.2) is 9.48 Å². The zero-order valence-corrected chi connectivity index (χ0v) is 18.9. The molecule has 34 heavy (non-hydrogen) atoms. The normalized spacial score (nSPS) is 14.3. The van der Waals surface area contributed by atoms with Crippen molar-refractivity contribution in [2.45, 2.75) is 6.54 Å². The minimum atomic E-state index is -0.859. The molecule has 0 aliphatic carbocycles. The highest BCUT2D eigenvalue weighted by molar-refractivity contribution is 5.66. The van der Waals surface area contributed by atoms with E-state index in [0.29, 0.717) is 38.5 Å². The van der Waals surface area contributed by atoms with Gasteiger partial charge in [-0.05, 0) is 47.5 Å². The van der Waals surface area contributed by atoms with Crippen LogP contribution >= 0.6 is 0 Å². The molecule has 5 rings (SSSR count). The van der Waals surface area contributed by atoms with E-state index in [1.807, 2.05) is 59.4 Å². The summed E-state index contributed by atoms with van der Waals surface area (Å²) < 4.78 is 12.8. The van der Waals surface area contributed by atoms with E-state index < -0.39 is 6.09 Å². The van der Waals surface area contributed by atoms with Crippen molar-refractivity contribution in [3.8, 4) is 34.0 Å². The maximum atomic E-state index is 11.2. The van der Waals surface area contributed by atoms with Crippen molar-refractivity contribution in [2.75, 3.05) is 33.3 Å². The Balaban J connectivity index is 1.38. The summed E-state index contributed by atoms with van der Waals surface area (Å²) in [5, 5.41) is 14.0. The maximum Gasteiger partial charge on any atom is 0.407 e. The van der Waals surface area contributed by atoms with Crippen LogP contribution in [0.5, 0.6) is 5.75 Å². The molecule has 0 spiro atoms. The number of carbonyl (C=O) groups is 1. The lowest BCUT2D eigenvalue weighted by Gasteiger charge is -2.32. The number of aromatic nitrogens is 2. The van der Waals surface area contributed by atoms with Crippen molar-refractivity contribution in [2.24, 2.45) is 0 Å². The Kier molecular flexibility index (Phi) is 6.05. The minimum Gasteiger partial charge on any atom is -0.497 e. The van der Waals surface area contributed by atoms with Gasteiger partial charge in [0.2, 0.25) is 0 Å². The third-order valence-corrected chi connectivity index (χ3v) is 6.14. The van der Waals surface area contributed by atoms with E-state index in [1.165, 1.54) is 4.90 Å². The minimum absolute atomic E-state index is 0.506. The maximum absolute atomic E-state index is 11.2. The number of piperazine rings is 1. The fourth-order valence-corrected chi connectivity index (χ4v) is 4.21. The summed E-state index contributed by atoms with van der Waals surface area (Å²) in [7, 11) is 1.66. The van der Waals surface area contributed by atoms with Crippen LogP contribution in [0.4, 0.5) is 4.79 Å². The van der Waals surface area contributed by atoms with Crippen LogP contribution in [-0.4, -0.2) is 64.1 Å². The van der Waals surface area contributed by atoms with E-state index >= 15 is 0 Å². The van der Waals surface area contributed by atoms with Crippen molar-refractivity contribution in [1.29, 1.82) is 0 Å². The number of methoxy groups -OCH3 is 1. The standard InChI is InChI=1S/C26H26N4O4/c1-33-23-10-6-20(7-11-23)19-4-8-22(9-5-19)30-18-21(25(27-30)24-3-2-16-34-24)17-28-12-14-29(15-13-28)26(31)32/h2-11,16,18H,12-15,17H2,1H3,(H,31,32). The first kappa shape index (κ1) is 21.8. The predicted molar refractivity (Wildman–Crippen MR) is 128 cm³/mol. The first-order valence-corrected chi connectivity index (χ1v) is 11.2. The van der Waals surface area contributed by atoms with Gasteiger partial charge < -0.3 is 19.2 Å². The van der Waals surface area contributed by atoms with Crippen LogP contribution in [0.1, 0.15) is 5.56 Å².